The molecule has 0 bridgehead atoms. The summed E-state index contributed by atoms with van der Waals surface area (Å²) in [6.45, 7) is 2.00. The summed E-state index contributed by atoms with van der Waals surface area (Å²) in [7, 11) is 0. The Balaban J connectivity index is 2.33. The second kappa shape index (κ2) is 3.56. The van der Waals surface area contributed by atoms with Crippen molar-refractivity contribution >= 4 is 11.6 Å². The lowest BCUT2D eigenvalue weighted by atomic mass is 9.98. The quantitative estimate of drug-likeness (QED) is 0.723. The number of benzene rings is 1. The Morgan fingerprint density at radius 1 is 1.46 bits per heavy atom. The molecule has 1 aromatic rings. The monoisotopic (exact) mass is 197 g/mol. The van der Waals surface area contributed by atoms with E-state index in [1.807, 2.05) is 12.1 Å². The predicted octanol–water partition coefficient (Wildman–Crippen LogP) is 2.12. The van der Waals surface area contributed by atoms with Crippen LogP contribution in [0.2, 0.25) is 5.02 Å². The van der Waals surface area contributed by atoms with Crippen molar-refractivity contribution in [2.24, 2.45) is 0 Å². The van der Waals surface area contributed by atoms with Crippen LogP contribution in [0.15, 0.2) is 18.2 Å². The zero-order valence-corrected chi connectivity index (χ0v) is 8.01. The highest BCUT2D eigenvalue weighted by atomic mass is 35.5. The third-order valence-corrected chi connectivity index (χ3v) is 2.92. The number of aromatic hydroxyl groups is 1. The Labute approximate surface area is 82.5 Å². The van der Waals surface area contributed by atoms with E-state index < -0.39 is 0 Å². The Morgan fingerprint density at radius 2 is 2.31 bits per heavy atom. The van der Waals surface area contributed by atoms with Crippen LogP contribution in [-0.4, -0.2) is 18.2 Å². The molecule has 2 N–H and O–H groups in total. The van der Waals surface area contributed by atoms with Gasteiger partial charge in [-0.3, -0.25) is 0 Å². The van der Waals surface area contributed by atoms with Crippen molar-refractivity contribution in [2.75, 3.05) is 13.1 Å². The maximum Gasteiger partial charge on any atom is 0.134 e. The summed E-state index contributed by atoms with van der Waals surface area (Å²) in [6, 6.07) is 5.45. The fourth-order valence-corrected chi connectivity index (χ4v) is 2.05. The summed E-state index contributed by atoms with van der Waals surface area (Å²) in [6.07, 6.45) is 1.10. The van der Waals surface area contributed by atoms with E-state index in [-0.39, 0.29) is 5.75 Å². The van der Waals surface area contributed by atoms with Gasteiger partial charge in [0.15, 0.2) is 0 Å². The third kappa shape index (κ3) is 1.64. The molecule has 13 heavy (non-hydrogen) atoms. The molecular weight excluding hydrogens is 186 g/mol. The number of halogens is 1. The van der Waals surface area contributed by atoms with Crippen LogP contribution in [-0.2, 0) is 0 Å². The van der Waals surface area contributed by atoms with Crippen LogP contribution in [0.5, 0.6) is 5.75 Å². The first-order valence-corrected chi connectivity index (χ1v) is 4.85. The van der Waals surface area contributed by atoms with Crippen molar-refractivity contribution in [3.8, 4) is 5.75 Å². The van der Waals surface area contributed by atoms with Crippen LogP contribution in [0.1, 0.15) is 17.9 Å². The third-order valence-electron chi connectivity index (χ3n) is 2.51. The van der Waals surface area contributed by atoms with Crippen molar-refractivity contribution in [2.45, 2.75) is 12.3 Å². The molecule has 0 amide bonds. The second-order valence-electron chi connectivity index (χ2n) is 3.37. The Hall–Kier alpha value is -0.730. The number of hydrogen-bond acceptors (Lipinski definition) is 2. The Kier molecular flexibility index (Phi) is 2.42. The van der Waals surface area contributed by atoms with E-state index in [0.29, 0.717) is 10.9 Å². The van der Waals surface area contributed by atoms with Gasteiger partial charge in [-0.15, -0.1) is 0 Å². The van der Waals surface area contributed by atoms with Crippen LogP contribution < -0.4 is 5.32 Å². The summed E-state index contributed by atoms with van der Waals surface area (Å²) in [4.78, 5) is 0. The average Bonchev–Trinajstić information content (AvgIpc) is 2.62. The lowest BCUT2D eigenvalue weighted by Crippen LogP contribution is -2.08. The molecule has 1 aromatic carbocycles. The highest BCUT2D eigenvalue weighted by molar-refractivity contribution is 6.32. The molecule has 0 radical (unpaired) electrons. The van der Waals surface area contributed by atoms with Crippen molar-refractivity contribution in [3.63, 3.8) is 0 Å². The molecule has 2 rings (SSSR count). The molecule has 0 spiro atoms. The zero-order chi connectivity index (χ0) is 9.26. The summed E-state index contributed by atoms with van der Waals surface area (Å²) < 4.78 is 0. The molecule has 0 aliphatic carbocycles. The summed E-state index contributed by atoms with van der Waals surface area (Å²) >= 11 is 6.00. The van der Waals surface area contributed by atoms with E-state index in [1.165, 1.54) is 0 Å². The van der Waals surface area contributed by atoms with Gasteiger partial charge in [0.25, 0.3) is 0 Å². The highest BCUT2D eigenvalue weighted by Gasteiger charge is 2.19. The number of hydrogen-bond donors (Lipinski definition) is 2. The van der Waals surface area contributed by atoms with Gasteiger partial charge in [-0.1, -0.05) is 23.7 Å². The topological polar surface area (TPSA) is 32.3 Å². The van der Waals surface area contributed by atoms with Crippen LogP contribution in [0, 0.1) is 0 Å². The maximum atomic E-state index is 9.41. The number of rotatable bonds is 1. The summed E-state index contributed by atoms with van der Waals surface area (Å²) in [5.74, 6) is 0.644. The Morgan fingerprint density at radius 3 is 3.00 bits per heavy atom. The van der Waals surface area contributed by atoms with Crippen LogP contribution >= 0.6 is 11.6 Å². The Bertz CT molecular complexity index is 308. The molecule has 1 atom stereocenters. The minimum absolute atomic E-state index is 0.186. The van der Waals surface area contributed by atoms with E-state index in [2.05, 4.69) is 5.32 Å². The summed E-state index contributed by atoms with van der Waals surface area (Å²) in [5.41, 5.74) is 1.06. The van der Waals surface area contributed by atoms with Gasteiger partial charge >= 0.3 is 0 Å². The predicted molar refractivity (Wildman–Crippen MR) is 53.3 cm³/mol. The first kappa shape index (κ1) is 8.85. The lowest BCUT2D eigenvalue weighted by molar-refractivity contribution is 0.474. The summed E-state index contributed by atoms with van der Waals surface area (Å²) in [5, 5.41) is 13.2. The van der Waals surface area contributed by atoms with E-state index in [0.717, 1.165) is 25.1 Å². The first-order valence-electron chi connectivity index (χ1n) is 4.47. The van der Waals surface area contributed by atoms with Gasteiger partial charge in [-0.05, 0) is 30.5 Å². The van der Waals surface area contributed by atoms with E-state index >= 15 is 0 Å². The molecule has 70 valence electrons. The molecule has 0 saturated carbocycles. The van der Waals surface area contributed by atoms with Crippen LogP contribution in [0.4, 0.5) is 0 Å². The average molecular weight is 198 g/mol. The van der Waals surface area contributed by atoms with Crippen molar-refractivity contribution in [1.29, 1.82) is 0 Å². The molecule has 1 saturated heterocycles. The minimum atomic E-state index is 0.186. The molecule has 2 nitrogen and oxygen atoms in total. The number of nitrogens with one attached hydrogen (secondary N) is 1. The fraction of sp³-hybridized carbons (Fsp3) is 0.400. The maximum absolute atomic E-state index is 9.41. The molecule has 1 heterocycles. The van der Waals surface area contributed by atoms with Crippen LogP contribution in [0.25, 0.3) is 0 Å². The fourth-order valence-electron chi connectivity index (χ4n) is 1.77. The molecule has 1 aliphatic rings. The number of phenolic OH excluding ortho intramolecular Hbond substituents is 1. The molecule has 1 aliphatic heterocycles. The molecule has 1 unspecified atom stereocenters. The first-order chi connectivity index (χ1) is 6.29. The van der Waals surface area contributed by atoms with Gasteiger partial charge < -0.3 is 10.4 Å². The van der Waals surface area contributed by atoms with Crippen molar-refractivity contribution < 1.29 is 5.11 Å². The zero-order valence-electron chi connectivity index (χ0n) is 7.26. The standard InChI is InChI=1S/C10H12ClNO/c11-10-8(2-1-3-9(10)13)7-4-5-12-6-7/h1-3,7,12-13H,4-6H2. The number of phenols is 1. The van der Waals surface area contributed by atoms with E-state index in [1.54, 1.807) is 6.07 Å². The van der Waals surface area contributed by atoms with Gasteiger partial charge in [0.2, 0.25) is 0 Å². The van der Waals surface area contributed by atoms with Crippen molar-refractivity contribution in [1.82, 2.24) is 5.32 Å². The molecule has 0 aromatic heterocycles. The second-order valence-corrected chi connectivity index (χ2v) is 3.75. The molecule has 1 fully saturated rings. The van der Waals surface area contributed by atoms with Crippen molar-refractivity contribution in [3.05, 3.63) is 28.8 Å². The molecule has 3 heteroatoms. The van der Waals surface area contributed by atoms with E-state index in [4.69, 9.17) is 11.6 Å². The van der Waals surface area contributed by atoms with Gasteiger partial charge in [-0.25, -0.2) is 0 Å². The van der Waals surface area contributed by atoms with Gasteiger partial charge in [-0.2, -0.15) is 0 Å². The molecular formula is C10H12ClNO. The lowest BCUT2D eigenvalue weighted by Gasteiger charge is -2.11. The SMILES string of the molecule is Oc1cccc(C2CCNC2)c1Cl. The van der Waals surface area contributed by atoms with Gasteiger partial charge in [0.05, 0.1) is 5.02 Å². The normalized spacial score (nSPS) is 22.1. The minimum Gasteiger partial charge on any atom is -0.506 e. The van der Waals surface area contributed by atoms with Gasteiger partial charge in [0.1, 0.15) is 5.75 Å². The van der Waals surface area contributed by atoms with Crippen LogP contribution in [0.3, 0.4) is 0 Å². The van der Waals surface area contributed by atoms with Gasteiger partial charge in [0, 0.05) is 6.54 Å². The largest absolute Gasteiger partial charge is 0.506 e. The smallest absolute Gasteiger partial charge is 0.134 e. The highest BCUT2D eigenvalue weighted by Crippen LogP contribution is 2.34. The van der Waals surface area contributed by atoms with E-state index in [9.17, 15) is 5.11 Å².